The van der Waals surface area contributed by atoms with Gasteiger partial charge in [0.15, 0.2) is 11.5 Å². The fourth-order valence-electron chi connectivity index (χ4n) is 3.83. The molecule has 9 heteroatoms. The van der Waals surface area contributed by atoms with Gasteiger partial charge in [0.05, 0.1) is 18.6 Å². The molecule has 0 aromatic heterocycles. The van der Waals surface area contributed by atoms with Gasteiger partial charge in [0.2, 0.25) is 11.8 Å². The molecule has 2 aliphatic rings. The molecule has 2 amide bonds. The Balaban J connectivity index is 1.65. The van der Waals surface area contributed by atoms with Gasteiger partial charge in [-0.3, -0.25) is 14.5 Å². The third-order valence-electron chi connectivity index (χ3n) is 5.32. The van der Waals surface area contributed by atoms with Crippen molar-refractivity contribution in [3.05, 3.63) is 59.6 Å². The molecule has 2 aromatic carbocycles. The van der Waals surface area contributed by atoms with Gasteiger partial charge in [-0.1, -0.05) is 0 Å². The lowest BCUT2D eigenvalue weighted by molar-refractivity contribution is -0.138. The second-order valence-corrected chi connectivity index (χ2v) is 7.30. The quantitative estimate of drug-likeness (QED) is 0.735. The first-order valence-electron chi connectivity index (χ1n) is 9.97. The zero-order valence-corrected chi connectivity index (χ0v) is 17.5. The summed E-state index contributed by atoms with van der Waals surface area (Å²) in [5.41, 5.74) is 1.14. The number of methoxy groups -OCH3 is 1. The van der Waals surface area contributed by atoms with Gasteiger partial charge < -0.3 is 19.5 Å². The number of benzene rings is 2. The smallest absolute Gasteiger partial charge is 0.336 e. The number of amides is 2. The third-order valence-corrected chi connectivity index (χ3v) is 5.32. The first-order valence-corrected chi connectivity index (χ1v) is 9.97. The van der Waals surface area contributed by atoms with Gasteiger partial charge in [0.25, 0.3) is 0 Å². The Kier molecular flexibility index (Phi) is 5.81. The zero-order valence-electron chi connectivity index (χ0n) is 17.5. The fourth-order valence-corrected chi connectivity index (χ4v) is 3.83. The molecular weight excluding hydrogens is 419 g/mol. The van der Waals surface area contributed by atoms with Crippen LogP contribution in [-0.2, 0) is 19.1 Å². The van der Waals surface area contributed by atoms with Crippen molar-refractivity contribution < 1.29 is 33.0 Å². The maximum Gasteiger partial charge on any atom is 0.336 e. The number of allylic oxidation sites excluding steroid dienone is 1. The van der Waals surface area contributed by atoms with E-state index in [-0.39, 0.29) is 17.7 Å². The van der Waals surface area contributed by atoms with Crippen molar-refractivity contribution in [1.82, 2.24) is 0 Å². The molecule has 8 nitrogen and oxygen atoms in total. The third kappa shape index (κ3) is 4.01. The number of anilines is 2. The van der Waals surface area contributed by atoms with Crippen LogP contribution in [-0.4, -0.2) is 38.1 Å². The summed E-state index contributed by atoms with van der Waals surface area (Å²) >= 11 is 0. The Morgan fingerprint density at radius 3 is 2.47 bits per heavy atom. The number of carbonyl (C=O) groups excluding carboxylic acids is 3. The van der Waals surface area contributed by atoms with E-state index in [0.29, 0.717) is 36.1 Å². The van der Waals surface area contributed by atoms with Crippen LogP contribution in [0.1, 0.15) is 13.3 Å². The van der Waals surface area contributed by atoms with Crippen molar-refractivity contribution in [2.75, 3.05) is 30.5 Å². The molecule has 0 aliphatic carbocycles. The van der Waals surface area contributed by atoms with Crippen LogP contribution in [0.5, 0.6) is 11.5 Å². The molecule has 0 spiro atoms. The highest BCUT2D eigenvalue weighted by Gasteiger charge is 2.40. The molecule has 2 aliphatic heterocycles. The van der Waals surface area contributed by atoms with Gasteiger partial charge in [0.1, 0.15) is 19.0 Å². The Morgan fingerprint density at radius 2 is 1.78 bits per heavy atom. The predicted octanol–water partition coefficient (Wildman–Crippen LogP) is 3.04. The van der Waals surface area contributed by atoms with Gasteiger partial charge >= 0.3 is 5.97 Å². The molecule has 2 aromatic rings. The molecule has 166 valence electrons. The van der Waals surface area contributed by atoms with Crippen molar-refractivity contribution in [3.8, 4) is 11.5 Å². The molecule has 1 N–H and O–H groups in total. The molecule has 0 fully saturated rings. The summed E-state index contributed by atoms with van der Waals surface area (Å²) in [6, 6.07) is 10.2. The number of hydrogen-bond acceptors (Lipinski definition) is 6. The minimum absolute atomic E-state index is 0.0615. The highest BCUT2D eigenvalue weighted by Crippen LogP contribution is 2.36. The second-order valence-electron chi connectivity index (χ2n) is 7.30. The molecule has 0 radical (unpaired) electrons. The Hall–Kier alpha value is -3.88. The Labute approximate surface area is 183 Å². The van der Waals surface area contributed by atoms with Crippen molar-refractivity contribution in [2.45, 2.75) is 13.3 Å². The molecule has 0 unspecified atom stereocenters. The van der Waals surface area contributed by atoms with E-state index in [1.165, 1.54) is 36.3 Å². The monoisotopic (exact) mass is 440 g/mol. The van der Waals surface area contributed by atoms with E-state index in [1.807, 2.05) is 0 Å². The first-order chi connectivity index (χ1) is 15.4. The van der Waals surface area contributed by atoms with Crippen LogP contribution in [0.15, 0.2) is 53.7 Å². The van der Waals surface area contributed by atoms with Gasteiger partial charge in [-0.25, -0.2) is 9.18 Å². The van der Waals surface area contributed by atoms with Crippen LogP contribution in [0, 0.1) is 11.7 Å². The van der Waals surface area contributed by atoms with E-state index in [0.717, 1.165) is 0 Å². The first kappa shape index (κ1) is 21.4. The number of carbonyl (C=O) groups is 3. The minimum Gasteiger partial charge on any atom is -0.486 e. The number of rotatable bonds is 4. The van der Waals surface area contributed by atoms with E-state index in [1.54, 1.807) is 25.1 Å². The summed E-state index contributed by atoms with van der Waals surface area (Å²) in [6.45, 7) is 2.40. The van der Waals surface area contributed by atoms with Crippen molar-refractivity contribution >= 4 is 29.2 Å². The molecular formula is C23H21FN2O6. The maximum atomic E-state index is 13.3. The maximum absolute atomic E-state index is 13.3. The fraction of sp³-hybridized carbons (Fsp3) is 0.261. The molecule has 32 heavy (non-hydrogen) atoms. The van der Waals surface area contributed by atoms with E-state index < -0.39 is 29.5 Å². The van der Waals surface area contributed by atoms with Crippen LogP contribution in [0.2, 0.25) is 0 Å². The van der Waals surface area contributed by atoms with E-state index in [2.05, 4.69) is 5.32 Å². The second kappa shape index (κ2) is 8.70. The molecule has 1 atom stereocenters. The Morgan fingerprint density at radius 1 is 1.09 bits per heavy atom. The lowest BCUT2D eigenvalue weighted by atomic mass is 9.88. The molecule has 0 saturated carbocycles. The SMILES string of the molecule is COC(=O)C1=C(C)N(c2ccc(F)cc2)C(=O)C[C@@H]1C(=O)Nc1ccc2c(c1)OCCO2. The summed E-state index contributed by atoms with van der Waals surface area (Å²) < 4.78 is 29.2. The normalized spacial score (nSPS) is 17.8. The van der Waals surface area contributed by atoms with E-state index >= 15 is 0 Å². The zero-order chi connectivity index (χ0) is 22.8. The summed E-state index contributed by atoms with van der Waals surface area (Å²) in [5.74, 6) is -2.09. The number of halogens is 1. The number of fused-ring (bicyclic) bond motifs is 1. The van der Waals surface area contributed by atoms with Crippen molar-refractivity contribution in [3.63, 3.8) is 0 Å². The van der Waals surface area contributed by atoms with Gasteiger partial charge in [0, 0.05) is 29.6 Å². The minimum atomic E-state index is -1.06. The van der Waals surface area contributed by atoms with E-state index in [9.17, 15) is 18.8 Å². The summed E-state index contributed by atoms with van der Waals surface area (Å²) in [4.78, 5) is 39.9. The summed E-state index contributed by atoms with van der Waals surface area (Å²) in [7, 11) is 1.21. The number of esters is 1. The lowest BCUT2D eigenvalue weighted by Gasteiger charge is -2.33. The lowest BCUT2D eigenvalue weighted by Crippen LogP contribution is -2.43. The number of hydrogen-bond donors (Lipinski definition) is 1. The number of nitrogens with one attached hydrogen (secondary N) is 1. The predicted molar refractivity (Wildman–Crippen MR) is 113 cm³/mol. The largest absolute Gasteiger partial charge is 0.486 e. The van der Waals surface area contributed by atoms with Crippen LogP contribution in [0.4, 0.5) is 15.8 Å². The van der Waals surface area contributed by atoms with Gasteiger partial charge in [-0.05, 0) is 43.3 Å². The highest BCUT2D eigenvalue weighted by atomic mass is 19.1. The average Bonchev–Trinajstić information content (AvgIpc) is 2.79. The molecule has 0 saturated heterocycles. The Bertz CT molecular complexity index is 1110. The molecule has 4 rings (SSSR count). The highest BCUT2D eigenvalue weighted by molar-refractivity contribution is 6.10. The van der Waals surface area contributed by atoms with Crippen molar-refractivity contribution in [1.29, 1.82) is 0 Å². The van der Waals surface area contributed by atoms with Crippen LogP contribution in [0.25, 0.3) is 0 Å². The van der Waals surface area contributed by atoms with Crippen molar-refractivity contribution in [2.24, 2.45) is 5.92 Å². The molecule has 0 bridgehead atoms. The standard InChI is InChI=1S/C23H21FN2O6/c1-13-21(23(29)30-2)17(12-20(27)26(13)16-6-3-14(24)4-7-16)22(28)25-15-5-8-18-19(11-15)32-10-9-31-18/h3-8,11,17H,9-10,12H2,1-2H3,(H,25,28)/t17-/m0/s1. The van der Waals surface area contributed by atoms with Crippen LogP contribution < -0.4 is 19.7 Å². The van der Waals surface area contributed by atoms with Crippen LogP contribution in [0.3, 0.4) is 0 Å². The van der Waals surface area contributed by atoms with Gasteiger partial charge in [-0.2, -0.15) is 0 Å². The van der Waals surface area contributed by atoms with Crippen LogP contribution >= 0.6 is 0 Å². The summed E-state index contributed by atoms with van der Waals surface area (Å²) in [6.07, 6.45) is -0.254. The molecule has 2 heterocycles. The topological polar surface area (TPSA) is 94.2 Å². The van der Waals surface area contributed by atoms with E-state index in [4.69, 9.17) is 14.2 Å². The number of nitrogens with zero attached hydrogens (tertiary/aromatic N) is 1. The summed E-state index contributed by atoms with van der Waals surface area (Å²) in [5, 5.41) is 2.74. The van der Waals surface area contributed by atoms with Gasteiger partial charge in [-0.15, -0.1) is 0 Å². The average molecular weight is 440 g/mol. The number of ether oxygens (including phenoxy) is 3.